The number of amides is 1. The van der Waals surface area contributed by atoms with Crippen molar-refractivity contribution in [1.29, 1.82) is 0 Å². The zero-order valence-corrected chi connectivity index (χ0v) is 15.2. The number of thiazole rings is 1. The van der Waals surface area contributed by atoms with Crippen LogP contribution < -0.4 is 14.8 Å². The van der Waals surface area contributed by atoms with Gasteiger partial charge in [-0.25, -0.2) is 4.98 Å². The zero-order chi connectivity index (χ0) is 17.1. The Bertz CT molecular complexity index is 737. The number of hydrogen-bond acceptors (Lipinski definition) is 5. The summed E-state index contributed by atoms with van der Waals surface area (Å²) in [5.41, 5.74) is 1.53. The van der Waals surface area contributed by atoms with Crippen LogP contribution in [0.25, 0.3) is 0 Å². The van der Waals surface area contributed by atoms with Crippen LogP contribution in [0.4, 0.5) is 5.13 Å². The lowest BCUT2D eigenvalue weighted by Gasteiger charge is -2.12. The summed E-state index contributed by atoms with van der Waals surface area (Å²) in [6, 6.07) is 3.21. The molecule has 0 radical (unpaired) electrons. The highest BCUT2D eigenvalue weighted by Gasteiger charge is 2.19. The first-order valence-corrected chi connectivity index (χ1v) is 9.12. The van der Waals surface area contributed by atoms with E-state index in [2.05, 4.69) is 10.3 Å². The lowest BCUT2D eigenvalue weighted by molar-refractivity contribution is 0.102. The Balaban J connectivity index is 1.82. The first-order chi connectivity index (χ1) is 11.6. The fraction of sp³-hybridized carbons (Fsp3) is 0.412. The molecule has 24 heavy (non-hydrogen) atoms. The molecule has 0 atom stereocenters. The van der Waals surface area contributed by atoms with Gasteiger partial charge in [-0.1, -0.05) is 11.6 Å². The van der Waals surface area contributed by atoms with Gasteiger partial charge in [0.15, 0.2) is 16.6 Å². The van der Waals surface area contributed by atoms with Crippen LogP contribution in [-0.4, -0.2) is 24.6 Å². The van der Waals surface area contributed by atoms with E-state index in [4.69, 9.17) is 21.1 Å². The highest BCUT2D eigenvalue weighted by molar-refractivity contribution is 7.15. The van der Waals surface area contributed by atoms with Gasteiger partial charge in [-0.15, -0.1) is 11.3 Å². The standard InChI is InChI=1S/C17H19ClN2O3S/c1-3-23-15-11(18)8-10(9-13(15)22-2)16(21)20-17-19-12-6-4-5-7-14(12)24-17/h8-9H,3-7H2,1-2H3,(H,19,20,21). The quantitative estimate of drug-likeness (QED) is 0.855. The van der Waals surface area contributed by atoms with Crippen molar-refractivity contribution in [2.75, 3.05) is 19.0 Å². The van der Waals surface area contributed by atoms with Crippen molar-refractivity contribution in [2.45, 2.75) is 32.6 Å². The molecule has 1 N–H and O–H groups in total. The maximum Gasteiger partial charge on any atom is 0.257 e. The summed E-state index contributed by atoms with van der Waals surface area (Å²) in [6.45, 7) is 2.33. The Morgan fingerprint density at radius 1 is 1.38 bits per heavy atom. The Morgan fingerprint density at radius 3 is 2.88 bits per heavy atom. The van der Waals surface area contributed by atoms with E-state index in [1.165, 1.54) is 18.4 Å². The highest BCUT2D eigenvalue weighted by Crippen LogP contribution is 2.37. The third-order valence-corrected chi connectivity index (χ3v) is 5.20. The third kappa shape index (κ3) is 3.49. The molecule has 0 spiro atoms. The van der Waals surface area contributed by atoms with E-state index in [0.29, 0.717) is 33.8 Å². The first-order valence-electron chi connectivity index (χ1n) is 7.92. The molecule has 1 aromatic carbocycles. The fourth-order valence-corrected chi connectivity index (χ4v) is 4.02. The smallest absolute Gasteiger partial charge is 0.257 e. The number of methoxy groups -OCH3 is 1. The average Bonchev–Trinajstić information content (AvgIpc) is 2.98. The average molecular weight is 367 g/mol. The number of ether oxygens (including phenoxy) is 2. The normalized spacial score (nSPS) is 13.3. The summed E-state index contributed by atoms with van der Waals surface area (Å²) >= 11 is 7.78. The molecule has 0 saturated heterocycles. The Labute approximate surface area is 150 Å². The number of hydrogen-bond donors (Lipinski definition) is 1. The van der Waals surface area contributed by atoms with Crippen molar-refractivity contribution in [1.82, 2.24) is 4.98 Å². The molecule has 0 bridgehead atoms. The van der Waals surface area contributed by atoms with Gasteiger partial charge in [0.2, 0.25) is 0 Å². The van der Waals surface area contributed by atoms with Gasteiger partial charge in [-0.05, 0) is 44.7 Å². The molecular formula is C17H19ClN2O3S. The van der Waals surface area contributed by atoms with Crippen molar-refractivity contribution in [2.24, 2.45) is 0 Å². The molecule has 128 valence electrons. The molecule has 0 fully saturated rings. The molecule has 1 aromatic heterocycles. The second-order valence-corrected chi connectivity index (χ2v) is 6.96. The van der Waals surface area contributed by atoms with Crippen molar-refractivity contribution >= 4 is 34.0 Å². The minimum Gasteiger partial charge on any atom is -0.493 e. The number of aryl methyl sites for hydroxylation is 2. The Hall–Kier alpha value is -1.79. The van der Waals surface area contributed by atoms with E-state index >= 15 is 0 Å². The second-order valence-electron chi connectivity index (χ2n) is 5.47. The number of aromatic nitrogens is 1. The summed E-state index contributed by atoms with van der Waals surface area (Å²) in [6.07, 6.45) is 4.39. The predicted octanol–water partition coefficient (Wildman–Crippen LogP) is 4.33. The number of nitrogens with one attached hydrogen (secondary N) is 1. The second kappa shape index (κ2) is 7.40. The summed E-state index contributed by atoms with van der Waals surface area (Å²) in [5.74, 6) is 0.625. The van der Waals surface area contributed by atoms with Crippen molar-refractivity contribution in [3.05, 3.63) is 33.3 Å². The number of carbonyl (C=O) groups is 1. The van der Waals surface area contributed by atoms with E-state index in [-0.39, 0.29) is 5.91 Å². The van der Waals surface area contributed by atoms with Crippen molar-refractivity contribution < 1.29 is 14.3 Å². The fourth-order valence-electron chi connectivity index (χ4n) is 2.71. The van der Waals surface area contributed by atoms with E-state index in [1.807, 2.05) is 6.92 Å². The summed E-state index contributed by atoms with van der Waals surface area (Å²) < 4.78 is 10.8. The molecular weight excluding hydrogens is 348 g/mol. The number of halogens is 1. The minimum atomic E-state index is -0.260. The summed E-state index contributed by atoms with van der Waals surface area (Å²) in [4.78, 5) is 18.3. The number of fused-ring (bicyclic) bond motifs is 1. The predicted molar refractivity (Wildman–Crippen MR) is 95.9 cm³/mol. The number of nitrogens with zero attached hydrogens (tertiary/aromatic N) is 1. The van der Waals surface area contributed by atoms with Gasteiger partial charge < -0.3 is 9.47 Å². The van der Waals surface area contributed by atoms with Gasteiger partial charge in [-0.3, -0.25) is 10.1 Å². The Kier molecular flexibility index (Phi) is 5.26. The number of carbonyl (C=O) groups excluding carboxylic acids is 1. The Morgan fingerprint density at radius 2 is 2.17 bits per heavy atom. The topological polar surface area (TPSA) is 60.5 Å². The molecule has 2 aromatic rings. The van der Waals surface area contributed by atoms with Crippen LogP contribution in [0.1, 0.15) is 40.7 Å². The monoisotopic (exact) mass is 366 g/mol. The molecule has 1 amide bonds. The van der Waals surface area contributed by atoms with E-state index < -0.39 is 0 Å². The highest BCUT2D eigenvalue weighted by atomic mass is 35.5. The lowest BCUT2D eigenvalue weighted by Crippen LogP contribution is -2.12. The molecule has 7 heteroatoms. The van der Waals surface area contributed by atoms with Gasteiger partial charge in [0.05, 0.1) is 24.4 Å². The van der Waals surface area contributed by atoms with E-state index in [0.717, 1.165) is 25.0 Å². The molecule has 0 saturated carbocycles. The maximum atomic E-state index is 12.5. The summed E-state index contributed by atoms with van der Waals surface area (Å²) in [5, 5.41) is 3.84. The van der Waals surface area contributed by atoms with Crippen LogP contribution in [0.5, 0.6) is 11.5 Å². The molecule has 0 aliphatic heterocycles. The van der Waals surface area contributed by atoms with Gasteiger partial charge >= 0.3 is 0 Å². The summed E-state index contributed by atoms with van der Waals surface area (Å²) in [7, 11) is 1.52. The molecule has 3 rings (SSSR count). The van der Waals surface area contributed by atoms with Crippen molar-refractivity contribution in [3.63, 3.8) is 0 Å². The molecule has 1 aliphatic carbocycles. The number of rotatable bonds is 5. The van der Waals surface area contributed by atoms with Gasteiger partial charge in [0.25, 0.3) is 5.91 Å². The number of benzene rings is 1. The van der Waals surface area contributed by atoms with E-state index in [9.17, 15) is 4.79 Å². The molecule has 1 heterocycles. The lowest BCUT2D eigenvalue weighted by atomic mass is 10.0. The van der Waals surface area contributed by atoms with Crippen LogP contribution in [0.3, 0.4) is 0 Å². The maximum absolute atomic E-state index is 12.5. The zero-order valence-electron chi connectivity index (χ0n) is 13.6. The molecule has 0 unspecified atom stereocenters. The van der Waals surface area contributed by atoms with E-state index in [1.54, 1.807) is 23.5 Å². The van der Waals surface area contributed by atoms with Crippen molar-refractivity contribution in [3.8, 4) is 11.5 Å². The minimum absolute atomic E-state index is 0.260. The van der Waals surface area contributed by atoms with Gasteiger partial charge in [0, 0.05) is 10.4 Å². The van der Waals surface area contributed by atoms with Gasteiger partial charge in [-0.2, -0.15) is 0 Å². The molecule has 5 nitrogen and oxygen atoms in total. The third-order valence-electron chi connectivity index (χ3n) is 3.85. The molecule has 1 aliphatic rings. The van der Waals surface area contributed by atoms with Crippen LogP contribution in [0.15, 0.2) is 12.1 Å². The largest absolute Gasteiger partial charge is 0.493 e. The van der Waals surface area contributed by atoms with Crippen LogP contribution in [0, 0.1) is 0 Å². The van der Waals surface area contributed by atoms with Crippen LogP contribution in [-0.2, 0) is 12.8 Å². The number of anilines is 1. The van der Waals surface area contributed by atoms with Crippen LogP contribution >= 0.6 is 22.9 Å². The van der Waals surface area contributed by atoms with Gasteiger partial charge in [0.1, 0.15) is 0 Å². The first kappa shape index (κ1) is 17.0. The SMILES string of the molecule is CCOc1c(Cl)cc(C(=O)Nc2nc3c(s2)CCCC3)cc1OC. The van der Waals surface area contributed by atoms with Crippen LogP contribution in [0.2, 0.25) is 5.02 Å².